The molecule has 0 aromatic heterocycles. The maximum absolute atomic E-state index is 11.5. The van der Waals surface area contributed by atoms with E-state index in [2.05, 4.69) is 12.2 Å². The number of hydrogen-bond donors (Lipinski definition) is 2. The Balaban J connectivity index is 2.10. The lowest BCUT2D eigenvalue weighted by molar-refractivity contribution is -0.149. The highest BCUT2D eigenvalue weighted by Gasteiger charge is 2.56. The second-order valence-corrected chi connectivity index (χ2v) is 4.11. The van der Waals surface area contributed by atoms with Crippen LogP contribution in [0.4, 0.5) is 0 Å². The van der Waals surface area contributed by atoms with Gasteiger partial charge in [-0.05, 0) is 19.3 Å². The molecule has 0 spiro atoms. The van der Waals surface area contributed by atoms with Gasteiger partial charge in [0.1, 0.15) is 5.41 Å². The quantitative estimate of drug-likeness (QED) is 0.476. The van der Waals surface area contributed by atoms with E-state index < -0.39 is 11.4 Å². The summed E-state index contributed by atoms with van der Waals surface area (Å²) in [7, 11) is 0. The predicted octanol–water partition coefficient (Wildman–Crippen LogP) is 0.784. The normalized spacial score (nSPS) is 16.8. The second kappa shape index (κ2) is 5.84. The molecule has 0 unspecified atom stereocenters. The van der Waals surface area contributed by atoms with Crippen LogP contribution >= 0.6 is 0 Å². The summed E-state index contributed by atoms with van der Waals surface area (Å²) in [5, 5.41) is 11.5. The minimum atomic E-state index is -1.14. The summed E-state index contributed by atoms with van der Waals surface area (Å²) in [4.78, 5) is 22.3. The van der Waals surface area contributed by atoms with Crippen molar-refractivity contribution in [3.8, 4) is 0 Å². The number of unbranched alkanes of at least 4 members (excludes halogenated alkanes) is 1. The van der Waals surface area contributed by atoms with Crippen LogP contribution in [0.25, 0.3) is 0 Å². The van der Waals surface area contributed by atoms with Gasteiger partial charge in [0.2, 0.25) is 5.91 Å². The van der Waals surface area contributed by atoms with Crippen molar-refractivity contribution < 1.29 is 19.4 Å². The van der Waals surface area contributed by atoms with E-state index in [9.17, 15) is 9.59 Å². The number of carbonyl (C=O) groups is 2. The average Bonchev–Trinajstić information content (AvgIpc) is 3.03. The highest BCUT2D eigenvalue weighted by Crippen LogP contribution is 2.45. The minimum absolute atomic E-state index is 0.376. The maximum atomic E-state index is 11.5. The van der Waals surface area contributed by atoms with Crippen LogP contribution in [0.2, 0.25) is 0 Å². The minimum Gasteiger partial charge on any atom is -0.480 e. The number of ether oxygens (including phenoxy) is 1. The van der Waals surface area contributed by atoms with Gasteiger partial charge >= 0.3 is 5.97 Å². The van der Waals surface area contributed by atoms with Crippen LogP contribution in [0, 0.1) is 5.41 Å². The zero-order valence-corrected chi connectivity index (χ0v) is 9.62. The fourth-order valence-corrected chi connectivity index (χ4v) is 1.42. The first-order valence-electron chi connectivity index (χ1n) is 5.73. The molecule has 0 radical (unpaired) electrons. The van der Waals surface area contributed by atoms with Crippen molar-refractivity contribution in [3.05, 3.63) is 0 Å². The topological polar surface area (TPSA) is 75.6 Å². The summed E-state index contributed by atoms with van der Waals surface area (Å²) < 4.78 is 5.26. The van der Waals surface area contributed by atoms with Crippen molar-refractivity contribution >= 4 is 11.9 Å². The number of rotatable bonds is 8. The van der Waals surface area contributed by atoms with Crippen LogP contribution in [0.3, 0.4) is 0 Å². The van der Waals surface area contributed by atoms with Crippen molar-refractivity contribution in [2.24, 2.45) is 5.41 Å². The maximum Gasteiger partial charge on any atom is 0.319 e. The van der Waals surface area contributed by atoms with E-state index in [-0.39, 0.29) is 5.91 Å². The van der Waals surface area contributed by atoms with Gasteiger partial charge in [-0.25, -0.2) is 0 Å². The summed E-state index contributed by atoms with van der Waals surface area (Å²) in [5.74, 6) is -1.39. The standard InChI is InChI=1S/C11H19NO4/c1-2-3-7-16-8-6-12-9(13)11(4-5-11)10(14)15/h2-8H2,1H3,(H,12,13)(H,14,15). The number of carboxylic acid groups (broad SMARTS) is 1. The molecule has 1 rings (SSSR count). The summed E-state index contributed by atoms with van der Waals surface area (Å²) in [6.45, 7) is 3.60. The molecule has 0 atom stereocenters. The van der Waals surface area contributed by atoms with Gasteiger partial charge in [0.15, 0.2) is 0 Å². The number of carboxylic acids is 1. The summed E-state index contributed by atoms with van der Waals surface area (Å²) in [5.41, 5.74) is -1.14. The Bertz CT molecular complexity index is 261. The third-order valence-corrected chi connectivity index (χ3v) is 2.77. The lowest BCUT2D eigenvalue weighted by atomic mass is 10.1. The zero-order valence-electron chi connectivity index (χ0n) is 9.62. The fraction of sp³-hybridized carbons (Fsp3) is 0.818. The fourth-order valence-electron chi connectivity index (χ4n) is 1.42. The van der Waals surface area contributed by atoms with Crippen molar-refractivity contribution in [2.75, 3.05) is 19.8 Å². The van der Waals surface area contributed by atoms with Crippen LogP contribution < -0.4 is 5.32 Å². The van der Waals surface area contributed by atoms with Crippen molar-refractivity contribution in [1.29, 1.82) is 0 Å². The van der Waals surface area contributed by atoms with Gasteiger partial charge in [-0.2, -0.15) is 0 Å². The monoisotopic (exact) mass is 229 g/mol. The molecule has 0 heterocycles. The molecule has 92 valence electrons. The SMILES string of the molecule is CCCCOCCNC(=O)C1(C(=O)O)CC1. The average molecular weight is 229 g/mol. The molecular formula is C11H19NO4. The van der Waals surface area contributed by atoms with Gasteiger partial charge in [-0.15, -0.1) is 0 Å². The Labute approximate surface area is 95.2 Å². The molecule has 1 aliphatic rings. The molecule has 1 amide bonds. The van der Waals surface area contributed by atoms with E-state index in [1.165, 1.54) is 0 Å². The molecule has 0 aromatic rings. The second-order valence-electron chi connectivity index (χ2n) is 4.11. The van der Waals surface area contributed by atoms with E-state index in [4.69, 9.17) is 9.84 Å². The van der Waals surface area contributed by atoms with Gasteiger partial charge in [0, 0.05) is 13.2 Å². The van der Waals surface area contributed by atoms with Crippen LogP contribution in [0.1, 0.15) is 32.6 Å². The van der Waals surface area contributed by atoms with E-state index in [1.807, 2.05) is 0 Å². The van der Waals surface area contributed by atoms with E-state index >= 15 is 0 Å². The van der Waals surface area contributed by atoms with Crippen molar-refractivity contribution in [1.82, 2.24) is 5.32 Å². The molecule has 0 aromatic carbocycles. The molecule has 0 aliphatic heterocycles. The third-order valence-electron chi connectivity index (χ3n) is 2.77. The number of hydrogen-bond acceptors (Lipinski definition) is 3. The van der Waals surface area contributed by atoms with Gasteiger partial charge < -0.3 is 15.2 Å². The Morgan fingerprint density at radius 2 is 2.06 bits per heavy atom. The Hall–Kier alpha value is -1.10. The first-order chi connectivity index (χ1) is 7.63. The molecule has 0 bridgehead atoms. The summed E-state index contributed by atoms with van der Waals surface area (Å²) in [6, 6.07) is 0. The smallest absolute Gasteiger partial charge is 0.319 e. The summed E-state index contributed by atoms with van der Waals surface area (Å²) >= 11 is 0. The van der Waals surface area contributed by atoms with E-state index in [0.29, 0.717) is 32.6 Å². The van der Waals surface area contributed by atoms with Crippen LogP contribution in [0.15, 0.2) is 0 Å². The Kier molecular flexibility index (Phi) is 4.73. The first-order valence-corrected chi connectivity index (χ1v) is 5.73. The van der Waals surface area contributed by atoms with Crippen LogP contribution in [-0.4, -0.2) is 36.7 Å². The van der Waals surface area contributed by atoms with Crippen LogP contribution in [-0.2, 0) is 14.3 Å². The van der Waals surface area contributed by atoms with Crippen LogP contribution in [0.5, 0.6) is 0 Å². The van der Waals surface area contributed by atoms with Gasteiger partial charge in [0.25, 0.3) is 0 Å². The van der Waals surface area contributed by atoms with E-state index in [1.54, 1.807) is 0 Å². The molecular weight excluding hydrogens is 210 g/mol. The first kappa shape index (κ1) is 13.0. The Morgan fingerprint density at radius 1 is 1.38 bits per heavy atom. The van der Waals surface area contributed by atoms with Crippen molar-refractivity contribution in [3.63, 3.8) is 0 Å². The Morgan fingerprint density at radius 3 is 2.56 bits per heavy atom. The molecule has 16 heavy (non-hydrogen) atoms. The number of carbonyl (C=O) groups excluding carboxylic acids is 1. The van der Waals surface area contributed by atoms with Crippen molar-refractivity contribution in [2.45, 2.75) is 32.6 Å². The lowest BCUT2D eigenvalue weighted by Crippen LogP contribution is -2.38. The highest BCUT2D eigenvalue weighted by molar-refractivity contribution is 6.04. The largest absolute Gasteiger partial charge is 0.480 e. The zero-order chi connectivity index (χ0) is 12.0. The molecule has 2 N–H and O–H groups in total. The molecule has 1 aliphatic carbocycles. The molecule has 5 heteroatoms. The molecule has 1 saturated carbocycles. The predicted molar refractivity (Wildman–Crippen MR) is 58.0 cm³/mol. The van der Waals surface area contributed by atoms with Gasteiger partial charge in [-0.1, -0.05) is 13.3 Å². The van der Waals surface area contributed by atoms with Gasteiger partial charge in [0.05, 0.1) is 6.61 Å². The molecule has 5 nitrogen and oxygen atoms in total. The van der Waals surface area contributed by atoms with E-state index in [0.717, 1.165) is 12.8 Å². The number of aliphatic carboxylic acids is 1. The lowest BCUT2D eigenvalue weighted by Gasteiger charge is -2.10. The molecule has 1 fully saturated rings. The third kappa shape index (κ3) is 3.20. The summed E-state index contributed by atoms with van der Waals surface area (Å²) in [6.07, 6.45) is 2.98. The number of nitrogens with one attached hydrogen (secondary N) is 1. The van der Waals surface area contributed by atoms with Gasteiger partial charge in [-0.3, -0.25) is 9.59 Å². The number of amides is 1. The highest BCUT2D eigenvalue weighted by atomic mass is 16.5. The molecule has 0 saturated heterocycles.